The molecule has 3 heteroatoms. The Morgan fingerprint density at radius 3 is 2.32 bits per heavy atom. The van der Waals surface area contributed by atoms with Crippen LogP contribution in [0.25, 0.3) is 22.2 Å². The lowest BCUT2D eigenvalue weighted by molar-refractivity contribution is 0.475. The maximum Gasteiger partial charge on any atom is 0.116 e. The summed E-state index contributed by atoms with van der Waals surface area (Å²) in [5.41, 5.74) is 4.55. The summed E-state index contributed by atoms with van der Waals surface area (Å²) >= 11 is 0. The number of phenolic OH excluding ortho intramolecular Hbond substituents is 2. The predicted molar refractivity (Wildman–Crippen MR) is 90.3 cm³/mol. The van der Waals surface area contributed by atoms with Crippen LogP contribution in [0, 0.1) is 6.92 Å². The first-order valence-corrected chi connectivity index (χ1v) is 7.73. The highest BCUT2D eigenvalue weighted by Gasteiger charge is 2.16. The zero-order chi connectivity index (χ0) is 15.7. The zero-order valence-electron chi connectivity index (χ0n) is 13.0. The van der Waals surface area contributed by atoms with Crippen LogP contribution in [0.1, 0.15) is 25.3 Å². The third-order valence-electron chi connectivity index (χ3n) is 4.18. The van der Waals surface area contributed by atoms with Crippen molar-refractivity contribution in [1.29, 1.82) is 0 Å². The van der Waals surface area contributed by atoms with Gasteiger partial charge >= 0.3 is 0 Å². The van der Waals surface area contributed by atoms with Crippen LogP contribution in [0.2, 0.25) is 0 Å². The van der Waals surface area contributed by atoms with Gasteiger partial charge < -0.3 is 14.8 Å². The van der Waals surface area contributed by atoms with Crippen LogP contribution in [0.5, 0.6) is 11.5 Å². The lowest BCUT2D eigenvalue weighted by atomic mass is 10.1. The Balaban J connectivity index is 2.26. The molecule has 0 spiro atoms. The van der Waals surface area contributed by atoms with E-state index in [9.17, 15) is 10.2 Å². The van der Waals surface area contributed by atoms with Crippen molar-refractivity contribution in [3.63, 3.8) is 0 Å². The van der Waals surface area contributed by atoms with Gasteiger partial charge in [-0.25, -0.2) is 0 Å². The van der Waals surface area contributed by atoms with Gasteiger partial charge in [0, 0.05) is 17.4 Å². The average Bonchev–Trinajstić information content (AvgIpc) is 2.78. The summed E-state index contributed by atoms with van der Waals surface area (Å²) < 4.78 is 2.32. The summed E-state index contributed by atoms with van der Waals surface area (Å²) in [4.78, 5) is 0. The molecule has 0 unspecified atom stereocenters. The standard InChI is InChI=1S/C19H21NO2/c1-3-4-11-20-18-10-9-16(22)12-17(18)13(2)19(20)14-5-7-15(21)8-6-14/h5-10,12,21-22H,3-4,11H2,1-2H3. The second-order valence-corrected chi connectivity index (χ2v) is 5.73. The highest BCUT2D eigenvalue weighted by Crippen LogP contribution is 2.35. The number of phenols is 2. The largest absolute Gasteiger partial charge is 0.508 e. The van der Waals surface area contributed by atoms with Crippen molar-refractivity contribution >= 4 is 10.9 Å². The van der Waals surface area contributed by atoms with E-state index in [1.54, 1.807) is 18.2 Å². The lowest BCUT2D eigenvalue weighted by Gasteiger charge is -2.11. The van der Waals surface area contributed by atoms with Crippen molar-refractivity contribution in [3.8, 4) is 22.8 Å². The number of aryl methyl sites for hydroxylation is 2. The van der Waals surface area contributed by atoms with Gasteiger partial charge in [0.1, 0.15) is 11.5 Å². The molecule has 0 atom stereocenters. The molecule has 0 saturated heterocycles. The number of unbranched alkanes of at least 4 members (excludes halogenated alkanes) is 1. The van der Waals surface area contributed by atoms with Crippen molar-refractivity contribution in [2.45, 2.75) is 33.2 Å². The van der Waals surface area contributed by atoms with Crippen molar-refractivity contribution < 1.29 is 10.2 Å². The molecule has 0 bridgehead atoms. The van der Waals surface area contributed by atoms with Crippen molar-refractivity contribution in [3.05, 3.63) is 48.0 Å². The number of aromatic hydroxyl groups is 2. The zero-order valence-corrected chi connectivity index (χ0v) is 13.0. The topological polar surface area (TPSA) is 45.4 Å². The average molecular weight is 295 g/mol. The summed E-state index contributed by atoms with van der Waals surface area (Å²) in [5, 5.41) is 20.4. The molecule has 0 aliphatic heterocycles. The van der Waals surface area contributed by atoms with Gasteiger partial charge in [0.15, 0.2) is 0 Å². The fourth-order valence-electron chi connectivity index (χ4n) is 3.05. The molecule has 0 saturated carbocycles. The quantitative estimate of drug-likeness (QED) is 0.724. The van der Waals surface area contributed by atoms with Crippen molar-refractivity contribution in [1.82, 2.24) is 4.57 Å². The number of benzene rings is 2. The van der Waals surface area contributed by atoms with Gasteiger partial charge in [-0.1, -0.05) is 13.3 Å². The van der Waals surface area contributed by atoms with E-state index in [1.165, 1.54) is 0 Å². The molecule has 22 heavy (non-hydrogen) atoms. The van der Waals surface area contributed by atoms with Gasteiger partial charge in [-0.2, -0.15) is 0 Å². The number of hydrogen-bond donors (Lipinski definition) is 2. The Hall–Kier alpha value is -2.42. The predicted octanol–water partition coefficient (Wildman–Crippen LogP) is 4.83. The molecule has 0 aliphatic carbocycles. The Bertz CT molecular complexity index is 800. The fourth-order valence-corrected chi connectivity index (χ4v) is 3.05. The molecule has 0 aliphatic rings. The van der Waals surface area contributed by atoms with Crippen molar-refractivity contribution in [2.75, 3.05) is 0 Å². The van der Waals surface area contributed by atoms with Crippen LogP contribution in [0.3, 0.4) is 0 Å². The third kappa shape index (κ3) is 2.43. The fraction of sp³-hybridized carbons (Fsp3) is 0.263. The van der Waals surface area contributed by atoms with E-state index in [-0.39, 0.29) is 5.75 Å². The molecule has 0 radical (unpaired) electrons. The van der Waals surface area contributed by atoms with Gasteiger partial charge in [-0.3, -0.25) is 0 Å². The monoisotopic (exact) mass is 295 g/mol. The first kappa shape index (κ1) is 14.5. The number of fused-ring (bicyclic) bond motifs is 1. The van der Waals surface area contributed by atoms with Crippen LogP contribution < -0.4 is 0 Å². The van der Waals surface area contributed by atoms with E-state index in [0.717, 1.165) is 47.1 Å². The Kier molecular flexibility index (Phi) is 3.80. The Morgan fingerprint density at radius 2 is 1.64 bits per heavy atom. The van der Waals surface area contributed by atoms with E-state index in [1.807, 2.05) is 24.3 Å². The summed E-state index contributed by atoms with van der Waals surface area (Å²) in [5.74, 6) is 0.566. The molecular weight excluding hydrogens is 274 g/mol. The molecule has 1 aromatic heterocycles. The molecule has 2 N–H and O–H groups in total. The highest BCUT2D eigenvalue weighted by atomic mass is 16.3. The van der Waals surface area contributed by atoms with E-state index in [0.29, 0.717) is 5.75 Å². The van der Waals surface area contributed by atoms with Gasteiger partial charge in [0.2, 0.25) is 0 Å². The van der Waals surface area contributed by atoms with E-state index >= 15 is 0 Å². The van der Waals surface area contributed by atoms with E-state index in [2.05, 4.69) is 18.4 Å². The SMILES string of the molecule is CCCCn1c(-c2ccc(O)cc2)c(C)c2cc(O)ccc21. The minimum Gasteiger partial charge on any atom is -0.508 e. The number of nitrogens with zero attached hydrogens (tertiary/aromatic N) is 1. The first-order valence-electron chi connectivity index (χ1n) is 7.73. The normalized spacial score (nSPS) is 11.2. The smallest absolute Gasteiger partial charge is 0.116 e. The molecular formula is C19H21NO2. The van der Waals surface area contributed by atoms with Gasteiger partial charge in [0.05, 0.1) is 5.69 Å². The molecule has 3 nitrogen and oxygen atoms in total. The number of hydrogen-bond acceptors (Lipinski definition) is 2. The molecule has 3 rings (SSSR count). The first-order chi connectivity index (χ1) is 10.6. The van der Waals surface area contributed by atoms with Crippen LogP contribution in [-0.4, -0.2) is 14.8 Å². The van der Waals surface area contributed by atoms with Crippen LogP contribution in [0.4, 0.5) is 0 Å². The summed E-state index contributed by atoms with van der Waals surface area (Å²) in [6, 6.07) is 12.9. The second-order valence-electron chi connectivity index (χ2n) is 5.73. The highest BCUT2D eigenvalue weighted by molar-refractivity contribution is 5.92. The summed E-state index contributed by atoms with van der Waals surface area (Å²) in [7, 11) is 0. The lowest BCUT2D eigenvalue weighted by Crippen LogP contribution is -2.00. The van der Waals surface area contributed by atoms with Crippen LogP contribution in [-0.2, 0) is 6.54 Å². The maximum absolute atomic E-state index is 9.80. The molecule has 3 aromatic rings. The molecule has 0 fully saturated rings. The van der Waals surface area contributed by atoms with Gasteiger partial charge in [-0.05, 0) is 66.9 Å². The second kappa shape index (κ2) is 5.76. The molecule has 114 valence electrons. The van der Waals surface area contributed by atoms with Gasteiger partial charge in [-0.15, -0.1) is 0 Å². The maximum atomic E-state index is 9.80. The Morgan fingerprint density at radius 1 is 0.955 bits per heavy atom. The molecule has 1 heterocycles. The van der Waals surface area contributed by atoms with Crippen LogP contribution >= 0.6 is 0 Å². The minimum absolute atomic E-state index is 0.273. The minimum atomic E-state index is 0.273. The van der Waals surface area contributed by atoms with E-state index < -0.39 is 0 Å². The summed E-state index contributed by atoms with van der Waals surface area (Å²) in [6.45, 7) is 5.22. The number of aromatic nitrogens is 1. The molecule has 2 aromatic carbocycles. The Labute approximate surface area is 130 Å². The van der Waals surface area contributed by atoms with Crippen LogP contribution in [0.15, 0.2) is 42.5 Å². The van der Waals surface area contributed by atoms with Crippen molar-refractivity contribution in [2.24, 2.45) is 0 Å². The number of rotatable bonds is 4. The third-order valence-corrected chi connectivity index (χ3v) is 4.18. The molecule has 0 amide bonds. The van der Waals surface area contributed by atoms with E-state index in [4.69, 9.17) is 0 Å². The summed E-state index contributed by atoms with van der Waals surface area (Å²) in [6.07, 6.45) is 2.24. The van der Waals surface area contributed by atoms with Gasteiger partial charge in [0.25, 0.3) is 0 Å².